The Kier molecular flexibility index (Phi) is 5.39. The van der Waals surface area contributed by atoms with Gasteiger partial charge in [-0.15, -0.1) is 5.10 Å². The number of aromatic nitrogens is 5. The summed E-state index contributed by atoms with van der Waals surface area (Å²) in [5.41, 5.74) is 2.54. The smallest absolute Gasteiger partial charge is 0.227 e. The predicted octanol–water partition coefficient (Wildman–Crippen LogP) is 2.95. The summed E-state index contributed by atoms with van der Waals surface area (Å²) >= 11 is 0. The molecule has 1 aromatic carbocycles. The maximum absolute atomic E-state index is 14.3. The minimum Gasteiger partial charge on any atom is -0.369 e. The van der Waals surface area contributed by atoms with Crippen LogP contribution in [0.25, 0.3) is 11.4 Å². The number of hydrogen-bond acceptors (Lipinski definition) is 7. The van der Waals surface area contributed by atoms with Crippen molar-refractivity contribution in [3.8, 4) is 11.4 Å². The first-order valence-corrected chi connectivity index (χ1v) is 9.75. The number of nitrogens with zero attached hydrogens (tertiary/aromatic N) is 7. The van der Waals surface area contributed by atoms with E-state index in [0.717, 1.165) is 38.1 Å². The molecule has 0 aliphatic carbocycles. The van der Waals surface area contributed by atoms with Crippen molar-refractivity contribution < 1.29 is 4.39 Å². The maximum atomic E-state index is 14.3. The van der Waals surface area contributed by atoms with E-state index in [0.29, 0.717) is 11.6 Å². The lowest BCUT2D eigenvalue weighted by Crippen LogP contribution is -2.44. The van der Waals surface area contributed by atoms with Gasteiger partial charge in [-0.3, -0.25) is 0 Å². The van der Waals surface area contributed by atoms with Crippen LogP contribution < -0.4 is 10.2 Å². The highest BCUT2D eigenvalue weighted by molar-refractivity contribution is 5.61. The zero-order valence-electron chi connectivity index (χ0n) is 16.9. The molecule has 8 nitrogen and oxygen atoms in total. The second-order valence-corrected chi connectivity index (χ2v) is 7.53. The van der Waals surface area contributed by atoms with E-state index in [1.165, 1.54) is 5.69 Å². The Labute approximate surface area is 169 Å². The summed E-state index contributed by atoms with van der Waals surface area (Å²) in [5.74, 6) is -0.218. The molecule has 29 heavy (non-hydrogen) atoms. The Hall–Kier alpha value is -3.07. The predicted molar refractivity (Wildman–Crippen MR) is 111 cm³/mol. The van der Waals surface area contributed by atoms with Crippen molar-refractivity contribution in [2.24, 2.45) is 0 Å². The van der Waals surface area contributed by atoms with Crippen molar-refractivity contribution in [1.29, 1.82) is 0 Å². The van der Waals surface area contributed by atoms with Crippen molar-refractivity contribution in [3.05, 3.63) is 42.5 Å². The lowest BCUT2D eigenvalue weighted by molar-refractivity contribution is 0.313. The van der Waals surface area contributed by atoms with Gasteiger partial charge in [-0.25, -0.2) is 19.0 Å². The molecule has 1 aliphatic heterocycles. The quantitative estimate of drug-likeness (QED) is 0.711. The molecule has 0 bridgehead atoms. The Morgan fingerprint density at radius 3 is 2.45 bits per heavy atom. The van der Waals surface area contributed by atoms with Crippen LogP contribution in [0.5, 0.6) is 0 Å². The van der Waals surface area contributed by atoms with E-state index in [9.17, 15) is 4.39 Å². The average Bonchev–Trinajstić information content (AvgIpc) is 3.21. The molecule has 1 aliphatic rings. The summed E-state index contributed by atoms with van der Waals surface area (Å²) in [7, 11) is 2.14. The first-order chi connectivity index (χ1) is 14.0. The largest absolute Gasteiger partial charge is 0.369 e. The Morgan fingerprint density at radius 2 is 1.79 bits per heavy atom. The molecule has 0 radical (unpaired) electrons. The van der Waals surface area contributed by atoms with Crippen molar-refractivity contribution in [3.63, 3.8) is 0 Å². The van der Waals surface area contributed by atoms with Crippen LogP contribution in [0.1, 0.15) is 19.9 Å². The molecule has 1 N–H and O–H groups in total. The number of halogens is 1. The Bertz CT molecular complexity index is 961. The van der Waals surface area contributed by atoms with Gasteiger partial charge in [0.15, 0.2) is 5.82 Å². The van der Waals surface area contributed by atoms with Gasteiger partial charge < -0.3 is 15.1 Å². The van der Waals surface area contributed by atoms with Crippen molar-refractivity contribution in [2.45, 2.75) is 19.9 Å². The molecule has 0 saturated carbocycles. The minimum atomic E-state index is -0.531. The Balaban J connectivity index is 1.49. The number of anilines is 3. The highest BCUT2D eigenvalue weighted by Crippen LogP contribution is 2.23. The zero-order chi connectivity index (χ0) is 20.4. The van der Waals surface area contributed by atoms with E-state index in [2.05, 4.69) is 54.6 Å². The van der Waals surface area contributed by atoms with E-state index >= 15 is 0 Å². The van der Waals surface area contributed by atoms with E-state index in [1.807, 2.05) is 26.0 Å². The van der Waals surface area contributed by atoms with Gasteiger partial charge in [0.2, 0.25) is 5.95 Å². The molecule has 4 rings (SSSR count). The van der Waals surface area contributed by atoms with Crippen LogP contribution in [0, 0.1) is 5.82 Å². The highest BCUT2D eigenvalue weighted by atomic mass is 19.1. The van der Waals surface area contributed by atoms with Crippen LogP contribution in [0.4, 0.5) is 21.7 Å². The van der Waals surface area contributed by atoms with Gasteiger partial charge in [0.25, 0.3) is 0 Å². The molecule has 3 aromatic rings. The number of benzene rings is 1. The second-order valence-electron chi connectivity index (χ2n) is 7.53. The third-order valence-corrected chi connectivity index (χ3v) is 5.02. The molecular formula is C20H25FN8. The monoisotopic (exact) mass is 396 g/mol. The number of rotatable bonds is 5. The summed E-state index contributed by atoms with van der Waals surface area (Å²) < 4.78 is 15.9. The molecule has 0 amide bonds. The fourth-order valence-electron chi connectivity index (χ4n) is 3.19. The van der Waals surface area contributed by atoms with Gasteiger partial charge in [-0.1, -0.05) is 5.21 Å². The number of hydrogen-bond donors (Lipinski definition) is 1. The van der Waals surface area contributed by atoms with Crippen LogP contribution in [-0.2, 0) is 0 Å². The standard InChI is InChI=1S/C20H25FN8/c1-14(2)29-13-18(25-26-29)19-17(21)12-22-20(24-19)23-15-4-6-16(7-5-15)28-10-8-27(3)9-11-28/h4-7,12-14H,8-11H2,1-3H3,(H,22,23,24). The normalized spacial score (nSPS) is 15.1. The number of piperazine rings is 1. The minimum absolute atomic E-state index is 0.128. The fraction of sp³-hybridized carbons (Fsp3) is 0.400. The van der Waals surface area contributed by atoms with Crippen LogP contribution in [0.3, 0.4) is 0 Å². The van der Waals surface area contributed by atoms with E-state index < -0.39 is 5.82 Å². The first-order valence-electron chi connectivity index (χ1n) is 9.75. The topological polar surface area (TPSA) is 75.0 Å². The summed E-state index contributed by atoms with van der Waals surface area (Å²) in [6.45, 7) is 8.12. The van der Waals surface area contributed by atoms with Crippen LogP contribution in [-0.4, -0.2) is 63.1 Å². The summed E-state index contributed by atoms with van der Waals surface area (Å²) in [4.78, 5) is 13.1. The molecule has 152 valence electrons. The molecular weight excluding hydrogens is 371 g/mol. The van der Waals surface area contributed by atoms with Gasteiger partial charge in [0, 0.05) is 43.6 Å². The van der Waals surface area contributed by atoms with E-state index in [1.54, 1.807) is 10.9 Å². The van der Waals surface area contributed by atoms with Crippen molar-refractivity contribution >= 4 is 17.3 Å². The highest BCUT2D eigenvalue weighted by Gasteiger charge is 2.16. The molecule has 0 unspecified atom stereocenters. The van der Waals surface area contributed by atoms with Gasteiger partial charge in [-0.05, 0) is 45.2 Å². The molecule has 0 spiro atoms. The molecule has 1 saturated heterocycles. The van der Waals surface area contributed by atoms with Gasteiger partial charge >= 0.3 is 0 Å². The summed E-state index contributed by atoms with van der Waals surface area (Å²) in [5, 5.41) is 11.2. The van der Waals surface area contributed by atoms with Crippen molar-refractivity contribution in [1.82, 2.24) is 29.9 Å². The molecule has 2 aromatic heterocycles. The molecule has 1 fully saturated rings. The molecule has 3 heterocycles. The fourth-order valence-corrected chi connectivity index (χ4v) is 3.19. The lowest BCUT2D eigenvalue weighted by Gasteiger charge is -2.34. The maximum Gasteiger partial charge on any atom is 0.227 e. The second kappa shape index (κ2) is 8.12. The van der Waals surface area contributed by atoms with Crippen LogP contribution in [0.2, 0.25) is 0 Å². The summed E-state index contributed by atoms with van der Waals surface area (Å²) in [6, 6.07) is 8.25. The average molecular weight is 396 g/mol. The number of likely N-dealkylation sites (N-methyl/N-ethyl adjacent to an activating group) is 1. The zero-order valence-corrected chi connectivity index (χ0v) is 16.9. The van der Waals surface area contributed by atoms with Gasteiger partial charge in [0.05, 0.1) is 12.4 Å². The van der Waals surface area contributed by atoms with Crippen molar-refractivity contribution in [2.75, 3.05) is 43.4 Å². The van der Waals surface area contributed by atoms with Gasteiger partial charge in [0.1, 0.15) is 11.4 Å². The molecule has 0 atom stereocenters. The first kappa shape index (κ1) is 19.3. The third kappa shape index (κ3) is 4.34. The lowest BCUT2D eigenvalue weighted by atomic mass is 10.2. The SMILES string of the molecule is CC(C)n1cc(-c2nc(Nc3ccc(N4CCN(C)CC4)cc3)ncc2F)nn1. The summed E-state index contributed by atoms with van der Waals surface area (Å²) in [6.07, 6.45) is 2.84. The van der Waals surface area contributed by atoms with E-state index in [4.69, 9.17) is 0 Å². The molecule has 9 heteroatoms. The van der Waals surface area contributed by atoms with Gasteiger partial charge in [-0.2, -0.15) is 0 Å². The van der Waals surface area contributed by atoms with E-state index in [-0.39, 0.29) is 11.7 Å². The Morgan fingerprint density at radius 1 is 1.07 bits per heavy atom. The number of nitrogens with one attached hydrogen (secondary N) is 1. The van der Waals surface area contributed by atoms with Crippen LogP contribution in [0.15, 0.2) is 36.7 Å². The van der Waals surface area contributed by atoms with Crippen LogP contribution >= 0.6 is 0 Å². The third-order valence-electron chi connectivity index (χ3n) is 5.02.